The molecule has 244 valence electrons. The first-order chi connectivity index (χ1) is 22.2. The summed E-state index contributed by atoms with van der Waals surface area (Å²) in [6.45, 7) is 7.70. The number of carbonyl (C=O) groups excluding carboxylic acids is 1. The summed E-state index contributed by atoms with van der Waals surface area (Å²) in [5.41, 5.74) is 3.73. The number of aryl methyl sites for hydroxylation is 1. The van der Waals surface area contributed by atoms with Gasteiger partial charge in [0.2, 0.25) is 5.95 Å². The number of rotatable bonds is 9. The Balaban J connectivity index is 1.32. The summed E-state index contributed by atoms with van der Waals surface area (Å²) >= 11 is 0. The topological polar surface area (TPSA) is 99.0 Å². The van der Waals surface area contributed by atoms with Gasteiger partial charge in [0.05, 0.1) is 29.8 Å². The SMILES string of the molecule is COc1ccccc1-c1nc(C)cc(C(=O)Nc2nc3ccc(N4CCN(CCN(C)C)CC4)cc3n2[C@H]2CC[C@@H](O)CC2)c1F. The number of benzene rings is 2. The molecule has 0 radical (unpaired) electrons. The number of halogens is 1. The van der Waals surface area contributed by atoms with Crippen LogP contribution in [-0.2, 0) is 0 Å². The Hall–Kier alpha value is -4.06. The summed E-state index contributed by atoms with van der Waals surface area (Å²) in [7, 11) is 5.73. The first-order valence-electron chi connectivity index (χ1n) is 16.2. The van der Waals surface area contributed by atoms with Gasteiger partial charge in [-0.2, -0.15) is 0 Å². The number of aliphatic hydroxyl groups is 1. The highest BCUT2D eigenvalue weighted by Gasteiger charge is 2.28. The van der Waals surface area contributed by atoms with E-state index in [1.807, 2.05) is 6.07 Å². The lowest BCUT2D eigenvalue weighted by Gasteiger charge is -2.36. The molecule has 1 saturated carbocycles. The van der Waals surface area contributed by atoms with Gasteiger partial charge in [-0.3, -0.25) is 15.0 Å². The number of aliphatic hydroxyl groups excluding tert-OH is 1. The van der Waals surface area contributed by atoms with E-state index in [1.54, 1.807) is 31.2 Å². The van der Waals surface area contributed by atoms with Crippen molar-refractivity contribution >= 4 is 28.6 Å². The van der Waals surface area contributed by atoms with E-state index in [2.05, 4.69) is 55.8 Å². The highest BCUT2D eigenvalue weighted by Crippen LogP contribution is 2.37. The minimum absolute atomic E-state index is 0.0370. The van der Waals surface area contributed by atoms with E-state index < -0.39 is 11.7 Å². The second-order valence-corrected chi connectivity index (χ2v) is 12.7. The molecule has 6 rings (SSSR count). The van der Waals surface area contributed by atoms with Crippen molar-refractivity contribution in [3.8, 4) is 17.0 Å². The number of likely N-dealkylation sites (N-methyl/N-ethyl adjacent to an activating group) is 1. The summed E-state index contributed by atoms with van der Waals surface area (Å²) in [4.78, 5) is 30.2. The number of ether oxygens (including phenoxy) is 1. The van der Waals surface area contributed by atoms with E-state index in [-0.39, 0.29) is 23.4 Å². The molecule has 0 atom stereocenters. The number of nitrogens with one attached hydrogen (secondary N) is 1. The molecule has 2 aromatic heterocycles. The highest BCUT2D eigenvalue weighted by molar-refractivity contribution is 6.05. The number of anilines is 2. The molecule has 1 amide bonds. The summed E-state index contributed by atoms with van der Waals surface area (Å²) in [5.74, 6) is -0.471. The van der Waals surface area contributed by atoms with Gasteiger partial charge in [-0.1, -0.05) is 12.1 Å². The minimum Gasteiger partial charge on any atom is -0.496 e. The van der Waals surface area contributed by atoms with Gasteiger partial charge in [-0.25, -0.2) is 14.4 Å². The van der Waals surface area contributed by atoms with Gasteiger partial charge in [0, 0.05) is 62.3 Å². The zero-order valence-electron chi connectivity index (χ0n) is 27.2. The molecular formula is C35H44FN7O3. The molecule has 2 aromatic carbocycles. The largest absolute Gasteiger partial charge is 0.496 e. The number of piperazine rings is 1. The molecule has 0 bridgehead atoms. The van der Waals surface area contributed by atoms with Crippen LogP contribution in [0, 0.1) is 12.7 Å². The summed E-state index contributed by atoms with van der Waals surface area (Å²) in [5, 5.41) is 13.2. The molecule has 1 saturated heterocycles. The maximum atomic E-state index is 16.0. The van der Waals surface area contributed by atoms with Gasteiger partial charge in [0.25, 0.3) is 5.91 Å². The molecule has 1 aliphatic carbocycles. The van der Waals surface area contributed by atoms with Crippen LogP contribution in [0.2, 0.25) is 0 Å². The quantitative estimate of drug-likeness (QED) is 0.268. The van der Waals surface area contributed by atoms with Gasteiger partial charge in [-0.15, -0.1) is 0 Å². The number of carbonyl (C=O) groups is 1. The van der Waals surface area contributed by atoms with Crippen molar-refractivity contribution in [3.63, 3.8) is 0 Å². The van der Waals surface area contributed by atoms with Crippen LogP contribution in [0.5, 0.6) is 5.75 Å². The lowest BCUT2D eigenvalue weighted by atomic mass is 9.93. The second-order valence-electron chi connectivity index (χ2n) is 12.7. The molecule has 11 heteroatoms. The predicted molar refractivity (Wildman–Crippen MR) is 179 cm³/mol. The fourth-order valence-corrected chi connectivity index (χ4v) is 6.63. The van der Waals surface area contributed by atoms with Crippen LogP contribution < -0.4 is 15.0 Å². The van der Waals surface area contributed by atoms with Gasteiger partial charge in [0.15, 0.2) is 5.82 Å². The monoisotopic (exact) mass is 629 g/mol. The van der Waals surface area contributed by atoms with E-state index in [9.17, 15) is 9.90 Å². The number of amides is 1. The lowest BCUT2D eigenvalue weighted by Crippen LogP contribution is -2.48. The number of hydrogen-bond acceptors (Lipinski definition) is 8. The molecule has 2 N–H and O–H groups in total. The Labute approximate surface area is 269 Å². The number of nitrogens with zero attached hydrogens (tertiary/aromatic N) is 6. The normalized spacial score (nSPS) is 19.2. The van der Waals surface area contributed by atoms with Gasteiger partial charge >= 0.3 is 0 Å². The average Bonchev–Trinajstić information content (AvgIpc) is 3.42. The fourth-order valence-electron chi connectivity index (χ4n) is 6.63. The Morgan fingerprint density at radius 3 is 2.50 bits per heavy atom. The maximum Gasteiger partial charge on any atom is 0.261 e. The Kier molecular flexibility index (Phi) is 9.53. The van der Waals surface area contributed by atoms with Gasteiger partial charge in [-0.05, 0) is 83.1 Å². The van der Waals surface area contributed by atoms with Crippen molar-refractivity contribution in [2.75, 3.05) is 70.7 Å². The zero-order valence-corrected chi connectivity index (χ0v) is 27.2. The molecule has 2 aliphatic rings. The number of imidazole rings is 1. The van der Waals surface area contributed by atoms with Crippen LogP contribution in [0.3, 0.4) is 0 Å². The van der Waals surface area contributed by atoms with Crippen LogP contribution in [0.1, 0.15) is 47.8 Å². The molecule has 46 heavy (non-hydrogen) atoms. The van der Waals surface area contributed by atoms with E-state index in [1.165, 1.54) is 13.2 Å². The number of aromatic nitrogens is 3. The van der Waals surface area contributed by atoms with E-state index in [4.69, 9.17) is 9.72 Å². The van der Waals surface area contributed by atoms with Crippen LogP contribution in [-0.4, -0.2) is 102 Å². The summed E-state index contributed by atoms with van der Waals surface area (Å²) in [6.07, 6.45) is 2.53. The summed E-state index contributed by atoms with van der Waals surface area (Å²) in [6, 6.07) is 14.8. The summed E-state index contributed by atoms with van der Waals surface area (Å²) < 4.78 is 23.6. The highest BCUT2D eigenvalue weighted by atomic mass is 19.1. The standard InChI is InChI=1S/C35H44FN7O3/c1-23-21-28(32(36)33(37-23)27-7-5-6-8-31(27)46-4)34(45)39-35-38-29-14-11-25(42-19-17-41(18-20-42)16-15-40(2)3)22-30(29)43(35)24-9-12-26(44)13-10-24/h5-8,11,14,21-22,24,26,44H,9-10,12-13,15-20H2,1-4H3,(H,38,39,45)/t24-,26+. The zero-order chi connectivity index (χ0) is 32.4. The van der Waals surface area contributed by atoms with Crippen LogP contribution >= 0.6 is 0 Å². The number of para-hydroxylation sites is 1. The molecule has 10 nitrogen and oxygen atoms in total. The second kappa shape index (κ2) is 13.7. The van der Waals surface area contributed by atoms with Crippen LogP contribution in [0.15, 0.2) is 48.5 Å². The maximum absolute atomic E-state index is 16.0. The van der Waals surface area contributed by atoms with Crippen molar-refractivity contribution < 1.29 is 19.0 Å². The molecule has 3 heterocycles. The smallest absolute Gasteiger partial charge is 0.261 e. The van der Waals surface area contributed by atoms with Crippen LogP contribution in [0.4, 0.5) is 16.0 Å². The molecule has 1 aliphatic heterocycles. The van der Waals surface area contributed by atoms with Gasteiger partial charge in [0.1, 0.15) is 11.4 Å². The van der Waals surface area contributed by atoms with Crippen molar-refractivity contribution in [2.45, 2.75) is 44.8 Å². The van der Waals surface area contributed by atoms with Crippen molar-refractivity contribution in [2.24, 2.45) is 0 Å². The number of pyridine rings is 1. The first-order valence-corrected chi connectivity index (χ1v) is 16.2. The first kappa shape index (κ1) is 31.9. The van der Waals surface area contributed by atoms with E-state index in [0.29, 0.717) is 35.8 Å². The molecule has 0 spiro atoms. The van der Waals surface area contributed by atoms with Crippen molar-refractivity contribution in [1.29, 1.82) is 0 Å². The van der Waals surface area contributed by atoms with Crippen LogP contribution in [0.25, 0.3) is 22.3 Å². The minimum atomic E-state index is -0.719. The Morgan fingerprint density at radius 2 is 1.78 bits per heavy atom. The fraction of sp³-hybridized carbons (Fsp3) is 0.457. The molecule has 4 aromatic rings. The number of hydrogen-bond donors (Lipinski definition) is 2. The predicted octanol–water partition coefficient (Wildman–Crippen LogP) is 4.97. The third-order valence-corrected chi connectivity index (χ3v) is 9.22. The Morgan fingerprint density at radius 1 is 1.04 bits per heavy atom. The Bertz CT molecular complexity index is 1690. The van der Waals surface area contributed by atoms with Gasteiger partial charge < -0.3 is 24.2 Å². The van der Waals surface area contributed by atoms with E-state index in [0.717, 1.165) is 68.8 Å². The average molecular weight is 630 g/mol. The third kappa shape index (κ3) is 6.72. The lowest BCUT2D eigenvalue weighted by molar-refractivity contribution is 0.101. The van der Waals surface area contributed by atoms with E-state index >= 15 is 4.39 Å². The van der Waals surface area contributed by atoms with Crippen molar-refractivity contribution in [3.05, 3.63) is 65.6 Å². The molecule has 0 unspecified atom stereocenters. The molecule has 2 fully saturated rings. The van der Waals surface area contributed by atoms with Crippen molar-refractivity contribution in [1.82, 2.24) is 24.3 Å². The number of fused-ring (bicyclic) bond motifs is 1. The molecular weight excluding hydrogens is 585 g/mol. The number of methoxy groups -OCH3 is 1. The third-order valence-electron chi connectivity index (χ3n) is 9.22.